The third kappa shape index (κ3) is 6.10. The van der Waals surface area contributed by atoms with Crippen molar-refractivity contribution in [2.75, 3.05) is 33.0 Å². The van der Waals surface area contributed by atoms with Crippen molar-refractivity contribution in [1.82, 2.24) is 10.2 Å². The van der Waals surface area contributed by atoms with E-state index in [1.54, 1.807) is 14.1 Å². The number of nitrogens with zero attached hydrogens (tertiary/aromatic N) is 1. The minimum Gasteiger partial charge on any atom is -0.345 e. The fraction of sp³-hybridized carbons (Fsp3) is 0.429. The number of amides is 2. The first-order valence-corrected chi connectivity index (χ1v) is 6.41. The number of carbonyl (C=O) groups is 2. The molecule has 0 spiro atoms. The fourth-order valence-corrected chi connectivity index (χ4v) is 1.66. The van der Waals surface area contributed by atoms with E-state index in [4.69, 9.17) is 0 Å². The Morgan fingerprint density at radius 1 is 1.29 bits per heavy atom. The molecule has 0 radical (unpaired) electrons. The highest BCUT2D eigenvalue weighted by Crippen LogP contribution is 2.16. The second-order valence-electron chi connectivity index (χ2n) is 4.65. The first-order chi connectivity index (χ1) is 9.45. The van der Waals surface area contributed by atoms with Gasteiger partial charge in [0.05, 0.1) is 5.56 Å². The van der Waals surface area contributed by atoms with Crippen LogP contribution in [0.5, 0.6) is 0 Å². The number of halogens is 2. The molecule has 1 aromatic carbocycles. The lowest BCUT2D eigenvalue weighted by Crippen LogP contribution is -2.23. The van der Waals surface area contributed by atoms with Gasteiger partial charge in [-0.15, -0.1) is 12.4 Å². The van der Waals surface area contributed by atoms with Crippen LogP contribution in [0.15, 0.2) is 18.2 Å². The topological polar surface area (TPSA) is 61.4 Å². The van der Waals surface area contributed by atoms with E-state index in [0.717, 1.165) is 6.54 Å². The number of hydrogen-bond acceptors (Lipinski definition) is 3. The van der Waals surface area contributed by atoms with Crippen molar-refractivity contribution in [2.45, 2.75) is 12.8 Å². The Labute approximate surface area is 130 Å². The van der Waals surface area contributed by atoms with Crippen LogP contribution in [-0.2, 0) is 4.79 Å². The molecule has 0 aliphatic heterocycles. The Bertz CT molecular complexity index is 495. The molecule has 0 saturated carbocycles. The molecule has 5 nitrogen and oxygen atoms in total. The van der Waals surface area contributed by atoms with Crippen LogP contribution in [0.4, 0.5) is 10.1 Å². The first kappa shape index (κ1) is 19.3. The number of carbonyl (C=O) groups excluding carboxylic acids is 2. The van der Waals surface area contributed by atoms with Gasteiger partial charge in [0.25, 0.3) is 5.91 Å². The maximum atomic E-state index is 13.6. The van der Waals surface area contributed by atoms with Crippen molar-refractivity contribution < 1.29 is 14.0 Å². The third-order valence-electron chi connectivity index (χ3n) is 2.72. The lowest BCUT2D eigenvalue weighted by molar-refractivity contribution is -0.116. The summed E-state index contributed by atoms with van der Waals surface area (Å²) in [4.78, 5) is 24.7. The normalized spacial score (nSPS) is 9.71. The van der Waals surface area contributed by atoms with E-state index in [9.17, 15) is 14.0 Å². The van der Waals surface area contributed by atoms with Gasteiger partial charge < -0.3 is 15.5 Å². The summed E-state index contributed by atoms with van der Waals surface area (Å²) in [5, 5.41) is 5.61. The number of hydrogen-bond donors (Lipinski definition) is 2. The lowest BCUT2D eigenvalue weighted by atomic mass is 10.1. The molecule has 0 fully saturated rings. The summed E-state index contributed by atoms with van der Waals surface area (Å²) in [5.74, 6) is -1.19. The molecule has 0 bridgehead atoms. The van der Waals surface area contributed by atoms with Crippen LogP contribution in [0.25, 0.3) is 0 Å². The molecule has 1 rings (SSSR count). The largest absolute Gasteiger partial charge is 0.345 e. The van der Waals surface area contributed by atoms with Crippen molar-refractivity contribution in [3.8, 4) is 0 Å². The Balaban J connectivity index is 0.00000400. The molecule has 0 aromatic heterocycles. The molecule has 2 N–H and O–H groups in total. The Hall–Kier alpha value is -1.66. The molecular weight excluding hydrogens is 297 g/mol. The molecule has 2 amide bonds. The van der Waals surface area contributed by atoms with Crippen molar-refractivity contribution in [1.29, 1.82) is 0 Å². The van der Waals surface area contributed by atoms with E-state index in [1.165, 1.54) is 23.1 Å². The van der Waals surface area contributed by atoms with Gasteiger partial charge in [-0.2, -0.15) is 0 Å². The minimum absolute atomic E-state index is 0. The Morgan fingerprint density at radius 2 is 1.95 bits per heavy atom. The van der Waals surface area contributed by atoms with Crippen LogP contribution < -0.4 is 10.6 Å². The monoisotopic (exact) mass is 317 g/mol. The van der Waals surface area contributed by atoms with Crippen LogP contribution in [0.2, 0.25) is 0 Å². The van der Waals surface area contributed by atoms with Crippen molar-refractivity contribution in [2.24, 2.45) is 0 Å². The van der Waals surface area contributed by atoms with Crippen LogP contribution in [0.3, 0.4) is 0 Å². The summed E-state index contributed by atoms with van der Waals surface area (Å²) in [5.41, 5.74) is 0.370. The Morgan fingerprint density at radius 3 is 2.52 bits per heavy atom. The summed E-state index contributed by atoms with van der Waals surface area (Å²) in [6.07, 6.45) is 1.09. The van der Waals surface area contributed by atoms with Crippen molar-refractivity contribution in [3.63, 3.8) is 0 Å². The molecular formula is C14H21ClFN3O2. The second-order valence-corrected chi connectivity index (χ2v) is 4.65. The number of nitrogens with one attached hydrogen (secondary N) is 2. The maximum Gasteiger partial charge on any atom is 0.256 e. The molecule has 118 valence electrons. The maximum absolute atomic E-state index is 13.6. The molecule has 1 aromatic rings. The summed E-state index contributed by atoms with van der Waals surface area (Å²) in [7, 11) is 4.91. The van der Waals surface area contributed by atoms with E-state index in [-0.39, 0.29) is 23.9 Å². The zero-order valence-electron chi connectivity index (χ0n) is 12.4. The average molecular weight is 318 g/mol. The standard InChI is InChI=1S/C14H20FN3O2.ClH/c1-16-8-4-5-13(19)17-10-6-7-12(15)11(9-10)14(20)18(2)3;/h6-7,9,16H,4-5,8H2,1-3H3,(H,17,19);1H. The summed E-state index contributed by atoms with van der Waals surface area (Å²) >= 11 is 0. The molecule has 0 heterocycles. The molecule has 0 saturated heterocycles. The molecule has 7 heteroatoms. The van der Waals surface area contributed by atoms with Gasteiger partial charge in [-0.05, 0) is 38.2 Å². The van der Waals surface area contributed by atoms with E-state index in [0.29, 0.717) is 18.5 Å². The fourth-order valence-electron chi connectivity index (χ4n) is 1.66. The van der Waals surface area contributed by atoms with E-state index >= 15 is 0 Å². The predicted octanol–water partition coefficient (Wildman–Crippen LogP) is 1.89. The van der Waals surface area contributed by atoms with Crippen molar-refractivity contribution >= 4 is 29.9 Å². The van der Waals surface area contributed by atoms with Gasteiger partial charge in [-0.3, -0.25) is 9.59 Å². The van der Waals surface area contributed by atoms with Gasteiger partial charge in [-0.1, -0.05) is 0 Å². The molecule has 21 heavy (non-hydrogen) atoms. The van der Waals surface area contributed by atoms with Gasteiger partial charge in [-0.25, -0.2) is 4.39 Å². The SMILES string of the molecule is CNCCCC(=O)Nc1ccc(F)c(C(=O)N(C)C)c1.Cl. The first-order valence-electron chi connectivity index (χ1n) is 6.41. The van der Waals surface area contributed by atoms with Gasteiger partial charge in [0.1, 0.15) is 5.82 Å². The number of benzene rings is 1. The predicted molar refractivity (Wildman–Crippen MR) is 83.5 cm³/mol. The molecule has 0 unspecified atom stereocenters. The molecule has 0 aliphatic carbocycles. The van der Waals surface area contributed by atoms with Crippen molar-refractivity contribution in [3.05, 3.63) is 29.6 Å². The molecule has 0 aliphatic rings. The molecule has 0 atom stereocenters. The highest BCUT2D eigenvalue weighted by Gasteiger charge is 2.14. The van der Waals surface area contributed by atoms with Crippen LogP contribution >= 0.6 is 12.4 Å². The van der Waals surface area contributed by atoms with E-state index < -0.39 is 11.7 Å². The zero-order valence-corrected chi connectivity index (χ0v) is 13.2. The number of anilines is 1. The highest BCUT2D eigenvalue weighted by atomic mass is 35.5. The quantitative estimate of drug-likeness (QED) is 0.788. The van der Waals surface area contributed by atoms with E-state index in [2.05, 4.69) is 10.6 Å². The lowest BCUT2D eigenvalue weighted by Gasteiger charge is -2.12. The third-order valence-corrected chi connectivity index (χ3v) is 2.72. The van der Waals surface area contributed by atoms with Crippen LogP contribution in [0.1, 0.15) is 23.2 Å². The summed E-state index contributed by atoms with van der Waals surface area (Å²) in [6.45, 7) is 0.751. The average Bonchev–Trinajstić information content (AvgIpc) is 2.40. The van der Waals surface area contributed by atoms with E-state index in [1.807, 2.05) is 7.05 Å². The van der Waals surface area contributed by atoms with Gasteiger partial charge in [0, 0.05) is 26.2 Å². The van der Waals surface area contributed by atoms with Crippen LogP contribution in [-0.4, -0.2) is 44.4 Å². The minimum atomic E-state index is -0.600. The van der Waals surface area contributed by atoms with Crippen LogP contribution in [0, 0.1) is 5.82 Å². The van der Waals surface area contributed by atoms with Gasteiger partial charge in [0.2, 0.25) is 5.91 Å². The van der Waals surface area contributed by atoms with Gasteiger partial charge >= 0.3 is 0 Å². The number of rotatable bonds is 6. The highest BCUT2D eigenvalue weighted by molar-refractivity contribution is 5.97. The Kier molecular flexibility index (Phi) is 8.57. The second kappa shape index (κ2) is 9.31. The summed E-state index contributed by atoms with van der Waals surface area (Å²) in [6, 6.07) is 3.98. The van der Waals surface area contributed by atoms with Gasteiger partial charge in [0.15, 0.2) is 0 Å². The smallest absolute Gasteiger partial charge is 0.256 e. The summed E-state index contributed by atoms with van der Waals surface area (Å²) < 4.78 is 13.6. The zero-order chi connectivity index (χ0) is 15.1.